The van der Waals surface area contributed by atoms with Gasteiger partial charge in [0.2, 0.25) is 0 Å². The maximum Gasteiger partial charge on any atom is 0.0710 e. The number of rotatable bonds is 2. The fraction of sp³-hybridized carbons (Fsp3) is 0. The summed E-state index contributed by atoms with van der Waals surface area (Å²) in [5.41, 5.74) is 3.08. The van der Waals surface area contributed by atoms with Crippen molar-refractivity contribution < 1.29 is 0 Å². The van der Waals surface area contributed by atoms with Gasteiger partial charge in [-0.25, -0.2) is 0 Å². The summed E-state index contributed by atoms with van der Waals surface area (Å²) in [7, 11) is 0. The Morgan fingerprint density at radius 2 is 1.32 bits per heavy atom. The van der Waals surface area contributed by atoms with Crippen molar-refractivity contribution in [2.45, 2.75) is 0 Å². The average molecular weight is 320 g/mol. The van der Waals surface area contributed by atoms with Crippen molar-refractivity contribution in [1.29, 1.82) is 0 Å². The van der Waals surface area contributed by atoms with Crippen LogP contribution in [0, 0.1) is 0 Å². The summed E-state index contributed by atoms with van der Waals surface area (Å²) in [5.74, 6) is 0. The Balaban J connectivity index is 1.72. The van der Waals surface area contributed by atoms with Gasteiger partial charge in [-0.15, -0.1) is 0 Å². The quantitative estimate of drug-likeness (QED) is 0.305. The maximum atomic E-state index is 4.65. The van der Waals surface area contributed by atoms with E-state index in [4.69, 9.17) is 0 Å². The smallest absolute Gasteiger partial charge is 0.0710 e. The topological polar surface area (TPSA) is 24.9 Å². The highest BCUT2D eigenvalue weighted by Crippen LogP contribution is 2.30. The number of hydrogen-bond acceptors (Lipinski definition) is 2. The van der Waals surface area contributed by atoms with Gasteiger partial charge in [0.05, 0.1) is 17.4 Å². The zero-order valence-electron chi connectivity index (χ0n) is 13.6. The third kappa shape index (κ3) is 2.48. The van der Waals surface area contributed by atoms with E-state index in [1.54, 1.807) is 0 Å². The fourth-order valence-electron chi connectivity index (χ4n) is 3.38. The third-order valence-electron chi connectivity index (χ3n) is 4.61. The highest BCUT2D eigenvalue weighted by atomic mass is 14.9. The number of para-hydroxylation sites is 1. The molecule has 2 nitrogen and oxygen atoms in total. The lowest BCUT2D eigenvalue weighted by molar-refractivity contribution is 1.40. The number of nitrogens with one attached hydrogen (secondary N) is 1. The van der Waals surface area contributed by atoms with Crippen LogP contribution in [0.15, 0.2) is 91.1 Å². The Hall–Kier alpha value is -3.39. The van der Waals surface area contributed by atoms with Crippen LogP contribution in [0.25, 0.3) is 32.4 Å². The van der Waals surface area contributed by atoms with E-state index in [2.05, 4.69) is 77.0 Å². The van der Waals surface area contributed by atoms with Crippen LogP contribution in [0.2, 0.25) is 0 Å². The highest BCUT2D eigenvalue weighted by Gasteiger charge is 2.05. The van der Waals surface area contributed by atoms with Crippen LogP contribution in [-0.4, -0.2) is 4.98 Å². The van der Waals surface area contributed by atoms with Gasteiger partial charge in [-0.05, 0) is 57.9 Å². The minimum absolute atomic E-state index is 0.999. The number of aromatic nitrogens is 1. The second-order valence-electron chi connectivity index (χ2n) is 6.27. The molecule has 5 rings (SSSR count). The lowest BCUT2D eigenvalue weighted by Crippen LogP contribution is -1.91. The van der Waals surface area contributed by atoms with Gasteiger partial charge in [0.1, 0.15) is 0 Å². The fourth-order valence-corrected chi connectivity index (χ4v) is 3.38. The molecule has 1 heterocycles. The molecule has 1 aromatic heterocycles. The van der Waals surface area contributed by atoms with Crippen molar-refractivity contribution in [3.05, 3.63) is 91.1 Å². The minimum atomic E-state index is 0.999. The summed E-state index contributed by atoms with van der Waals surface area (Å²) >= 11 is 0. The molecule has 0 aliphatic carbocycles. The number of benzene rings is 4. The summed E-state index contributed by atoms with van der Waals surface area (Å²) in [5, 5.41) is 9.60. The van der Waals surface area contributed by atoms with Gasteiger partial charge >= 0.3 is 0 Å². The predicted molar refractivity (Wildman–Crippen MR) is 106 cm³/mol. The molecule has 0 unspecified atom stereocenters. The van der Waals surface area contributed by atoms with Gasteiger partial charge in [0.15, 0.2) is 0 Å². The second kappa shape index (κ2) is 5.60. The van der Waals surface area contributed by atoms with Crippen molar-refractivity contribution in [2.24, 2.45) is 0 Å². The van der Waals surface area contributed by atoms with Gasteiger partial charge in [0.25, 0.3) is 0 Å². The van der Waals surface area contributed by atoms with E-state index in [-0.39, 0.29) is 0 Å². The van der Waals surface area contributed by atoms with Crippen molar-refractivity contribution in [1.82, 2.24) is 4.98 Å². The monoisotopic (exact) mass is 320 g/mol. The Kier molecular flexibility index (Phi) is 3.14. The molecule has 0 bridgehead atoms. The molecule has 4 aromatic carbocycles. The molecule has 0 spiro atoms. The van der Waals surface area contributed by atoms with Crippen molar-refractivity contribution in [3.8, 4) is 0 Å². The summed E-state index contributed by atoms with van der Waals surface area (Å²) in [4.78, 5) is 4.65. The van der Waals surface area contributed by atoms with E-state index in [0.717, 1.165) is 16.9 Å². The van der Waals surface area contributed by atoms with E-state index in [0.29, 0.717) is 0 Å². The van der Waals surface area contributed by atoms with Crippen LogP contribution in [-0.2, 0) is 0 Å². The van der Waals surface area contributed by atoms with Gasteiger partial charge in [-0.1, -0.05) is 48.5 Å². The molecule has 0 saturated heterocycles. The summed E-state index contributed by atoms with van der Waals surface area (Å²) < 4.78 is 0. The SMILES string of the molecule is c1ccc(Nc2cnc3ccc4cc5ccccc5cc4c3c2)cc1. The minimum Gasteiger partial charge on any atom is -0.354 e. The van der Waals surface area contributed by atoms with E-state index in [9.17, 15) is 0 Å². The molecule has 0 saturated carbocycles. The summed E-state index contributed by atoms with van der Waals surface area (Å²) in [6.45, 7) is 0. The molecule has 118 valence electrons. The first-order valence-electron chi connectivity index (χ1n) is 8.40. The lowest BCUT2D eigenvalue weighted by atomic mass is 10.00. The van der Waals surface area contributed by atoms with Crippen molar-refractivity contribution >= 4 is 43.8 Å². The Morgan fingerprint density at radius 3 is 2.16 bits per heavy atom. The van der Waals surface area contributed by atoms with E-state index < -0.39 is 0 Å². The van der Waals surface area contributed by atoms with Crippen molar-refractivity contribution in [3.63, 3.8) is 0 Å². The summed E-state index contributed by atoms with van der Waals surface area (Å²) in [6.07, 6.45) is 1.89. The molecule has 25 heavy (non-hydrogen) atoms. The Bertz CT molecular complexity index is 1210. The van der Waals surface area contributed by atoms with Crippen LogP contribution >= 0.6 is 0 Å². The Morgan fingerprint density at radius 1 is 0.560 bits per heavy atom. The van der Waals surface area contributed by atoms with Crippen molar-refractivity contribution in [2.75, 3.05) is 5.32 Å². The number of anilines is 2. The largest absolute Gasteiger partial charge is 0.354 e. The molecule has 0 fully saturated rings. The van der Waals surface area contributed by atoms with Crippen LogP contribution in [0.3, 0.4) is 0 Å². The van der Waals surface area contributed by atoms with Crippen LogP contribution in [0.1, 0.15) is 0 Å². The first kappa shape index (κ1) is 14.0. The molecule has 0 radical (unpaired) electrons. The summed E-state index contributed by atoms with van der Waals surface area (Å²) in [6, 6.07) is 29.6. The normalized spacial score (nSPS) is 11.2. The number of fused-ring (bicyclic) bond motifs is 4. The van der Waals surface area contributed by atoms with Crippen LogP contribution in [0.4, 0.5) is 11.4 Å². The molecule has 1 N–H and O–H groups in total. The number of hydrogen-bond donors (Lipinski definition) is 1. The first-order valence-corrected chi connectivity index (χ1v) is 8.40. The molecular formula is C23H16N2. The molecule has 0 aliphatic heterocycles. The van der Waals surface area contributed by atoms with Crippen LogP contribution in [0.5, 0.6) is 0 Å². The highest BCUT2D eigenvalue weighted by molar-refractivity contribution is 6.11. The number of nitrogens with zero attached hydrogens (tertiary/aromatic N) is 1. The second-order valence-corrected chi connectivity index (χ2v) is 6.27. The Labute approximate surface area is 145 Å². The standard InChI is InChI=1S/C23H16N2/c1-2-8-19(9-3-1)25-20-14-22-21-13-17-7-5-4-6-16(17)12-18(21)10-11-23(22)24-15-20/h1-15,25H. The maximum absolute atomic E-state index is 4.65. The van der Waals surface area contributed by atoms with Gasteiger partial charge in [0, 0.05) is 11.1 Å². The molecule has 0 atom stereocenters. The molecule has 2 heteroatoms. The zero-order chi connectivity index (χ0) is 16.6. The van der Waals surface area contributed by atoms with E-state index in [1.165, 1.54) is 26.9 Å². The number of pyridine rings is 1. The van der Waals surface area contributed by atoms with Gasteiger partial charge in [-0.2, -0.15) is 0 Å². The van der Waals surface area contributed by atoms with Crippen LogP contribution < -0.4 is 5.32 Å². The predicted octanol–water partition coefficient (Wildman–Crippen LogP) is 6.28. The van der Waals surface area contributed by atoms with Gasteiger partial charge < -0.3 is 5.32 Å². The average Bonchev–Trinajstić information content (AvgIpc) is 2.67. The van der Waals surface area contributed by atoms with E-state index >= 15 is 0 Å². The molecule has 0 aliphatic rings. The lowest BCUT2D eigenvalue weighted by Gasteiger charge is -2.10. The molecule has 0 amide bonds. The van der Waals surface area contributed by atoms with Gasteiger partial charge in [-0.3, -0.25) is 4.98 Å². The molecule has 5 aromatic rings. The van der Waals surface area contributed by atoms with E-state index in [1.807, 2.05) is 24.4 Å². The molecular weight excluding hydrogens is 304 g/mol. The zero-order valence-corrected chi connectivity index (χ0v) is 13.6. The first-order chi connectivity index (χ1) is 12.4. The third-order valence-corrected chi connectivity index (χ3v) is 4.61.